The number of nitrogens with zero attached hydrogens (tertiary/aromatic N) is 1. The van der Waals surface area contributed by atoms with Gasteiger partial charge in [0.05, 0.1) is 19.1 Å². The molecule has 130 valence electrons. The Bertz CT molecular complexity index is 818. The number of furan rings is 1. The molecule has 3 heterocycles. The molecule has 0 unspecified atom stereocenters. The first-order chi connectivity index (χ1) is 12.2. The number of aromatic nitrogens is 1. The Morgan fingerprint density at radius 1 is 1.36 bits per heavy atom. The average molecular weight is 358 g/mol. The van der Waals surface area contributed by atoms with E-state index in [1.54, 1.807) is 6.07 Å². The lowest BCUT2D eigenvalue weighted by atomic mass is 9.94. The van der Waals surface area contributed by atoms with Gasteiger partial charge in [-0.1, -0.05) is 11.2 Å². The van der Waals surface area contributed by atoms with Crippen molar-refractivity contribution >= 4 is 17.2 Å². The fourth-order valence-corrected chi connectivity index (χ4v) is 4.05. The minimum Gasteiger partial charge on any atom is -0.472 e. The highest BCUT2D eigenvalue weighted by Gasteiger charge is 2.35. The highest BCUT2D eigenvalue weighted by atomic mass is 32.1. The van der Waals surface area contributed by atoms with Crippen LogP contribution < -0.4 is 5.32 Å². The topological polar surface area (TPSA) is 88.5 Å². The summed E-state index contributed by atoms with van der Waals surface area (Å²) in [7, 11) is 0. The van der Waals surface area contributed by atoms with Gasteiger partial charge >= 0.3 is 0 Å². The minimum absolute atomic E-state index is 0.0213. The van der Waals surface area contributed by atoms with Crippen molar-refractivity contribution in [1.29, 1.82) is 0 Å². The number of fused-ring (bicyclic) bond motifs is 1. The molecule has 6 nitrogen and oxygen atoms in total. The molecule has 0 saturated heterocycles. The fourth-order valence-electron chi connectivity index (χ4n) is 3.20. The Kier molecular flexibility index (Phi) is 4.19. The van der Waals surface area contributed by atoms with Gasteiger partial charge in [0.1, 0.15) is 11.4 Å². The molecular formula is C18H18N2O4S. The molecule has 25 heavy (non-hydrogen) atoms. The monoisotopic (exact) mass is 358 g/mol. The first-order valence-corrected chi connectivity index (χ1v) is 9.11. The van der Waals surface area contributed by atoms with Crippen LogP contribution in [0.3, 0.4) is 0 Å². The van der Waals surface area contributed by atoms with Crippen molar-refractivity contribution in [1.82, 2.24) is 10.5 Å². The van der Waals surface area contributed by atoms with Crippen molar-refractivity contribution in [2.45, 2.75) is 31.3 Å². The van der Waals surface area contributed by atoms with E-state index in [0.717, 1.165) is 41.9 Å². The second-order valence-electron chi connectivity index (χ2n) is 6.17. The van der Waals surface area contributed by atoms with Crippen LogP contribution in [0.15, 0.2) is 45.0 Å². The van der Waals surface area contributed by atoms with Crippen molar-refractivity contribution in [3.8, 4) is 0 Å². The van der Waals surface area contributed by atoms with Crippen LogP contribution in [0.1, 0.15) is 45.1 Å². The van der Waals surface area contributed by atoms with E-state index < -0.39 is 5.60 Å². The molecule has 3 aromatic heterocycles. The van der Waals surface area contributed by atoms with Crippen LogP contribution in [0.2, 0.25) is 0 Å². The van der Waals surface area contributed by atoms with Crippen LogP contribution in [0.5, 0.6) is 0 Å². The molecule has 0 spiro atoms. The van der Waals surface area contributed by atoms with Crippen LogP contribution in [0.25, 0.3) is 0 Å². The molecule has 0 aromatic carbocycles. The third-order valence-electron chi connectivity index (χ3n) is 4.60. The van der Waals surface area contributed by atoms with Gasteiger partial charge in [-0.15, -0.1) is 11.3 Å². The van der Waals surface area contributed by atoms with Crippen molar-refractivity contribution in [3.05, 3.63) is 63.6 Å². The molecule has 0 aliphatic heterocycles. The molecule has 0 fully saturated rings. The molecule has 3 aromatic rings. The first-order valence-electron chi connectivity index (χ1n) is 8.23. The highest BCUT2D eigenvalue weighted by molar-refractivity contribution is 7.10. The van der Waals surface area contributed by atoms with Crippen molar-refractivity contribution in [2.24, 2.45) is 0 Å². The smallest absolute Gasteiger partial charge is 0.273 e. The van der Waals surface area contributed by atoms with Gasteiger partial charge in [0.15, 0.2) is 5.69 Å². The fraction of sp³-hybridized carbons (Fsp3) is 0.333. The van der Waals surface area contributed by atoms with Gasteiger partial charge in [-0.3, -0.25) is 4.79 Å². The zero-order valence-corrected chi connectivity index (χ0v) is 14.3. The number of thiophene rings is 1. The summed E-state index contributed by atoms with van der Waals surface area (Å²) in [5, 5.41) is 19.8. The number of amides is 1. The summed E-state index contributed by atoms with van der Waals surface area (Å²) in [6.07, 6.45) is 6.71. The van der Waals surface area contributed by atoms with Crippen molar-refractivity contribution in [2.75, 3.05) is 6.54 Å². The van der Waals surface area contributed by atoms with E-state index in [9.17, 15) is 9.90 Å². The van der Waals surface area contributed by atoms with E-state index in [1.165, 1.54) is 23.9 Å². The third-order valence-corrected chi connectivity index (χ3v) is 5.62. The van der Waals surface area contributed by atoms with Crippen molar-refractivity contribution in [3.63, 3.8) is 0 Å². The standard InChI is InChI=1S/C18H18N2O4S/c21-17(16-13-4-1-2-5-14(13)24-20-16)19-11-18(22,12-7-8-23-10-12)15-6-3-9-25-15/h3,6-10,22H,1-2,4-5,11H2,(H,19,21)/t18-/m0/s1. The molecule has 7 heteroatoms. The van der Waals surface area contributed by atoms with E-state index in [2.05, 4.69) is 10.5 Å². The maximum Gasteiger partial charge on any atom is 0.273 e. The normalized spacial score (nSPS) is 16.2. The first kappa shape index (κ1) is 16.1. The summed E-state index contributed by atoms with van der Waals surface area (Å²) in [5.41, 5.74) is 0.472. The molecule has 0 saturated carbocycles. The number of aryl methyl sites for hydroxylation is 1. The van der Waals surface area contributed by atoms with Crippen LogP contribution in [0.4, 0.5) is 0 Å². The molecular weight excluding hydrogens is 340 g/mol. The Morgan fingerprint density at radius 3 is 3.00 bits per heavy atom. The maximum absolute atomic E-state index is 12.6. The van der Waals surface area contributed by atoms with Crippen LogP contribution in [-0.4, -0.2) is 22.7 Å². The summed E-state index contributed by atoms with van der Waals surface area (Å²) >= 11 is 1.42. The van der Waals surface area contributed by atoms with Crippen LogP contribution >= 0.6 is 11.3 Å². The number of rotatable bonds is 5. The van der Waals surface area contributed by atoms with E-state index in [4.69, 9.17) is 8.94 Å². The number of hydrogen-bond donors (Lipinski definition) is 2. The maximum atomic E-state index is 12.6. The third kappa shape index (κ3) is 2.89. The second kappa shape index (κ2) is 6.50. The average Bonchev–Trinajstić information content (AvgIpc) is 3.40. The van der Waals surface area contributed by atoms with E-state index >= 15 is 0 Å². The van der Waals surface area contributed by atoms with E-state index in [0.29, 0.717) is 11.3 Å². The zero-order valence-electron chi connectivity index (χ0n) is 13.5. The lowest BCUT2D eigenvalue weighted by Gasteiger charge is -2.26. The summed E-state index contributed by atoms with van der Waals surface area (Å²) in [6.45, 7) is 0.0213. The SMILES string of the molecule is O=C(NC[C@](O)(c1ccoc1)c1cccs1)c1noc2c1CCCC2. The van der Waals surface area contributed by atoms with E-state index in [1.807, 2.05) is 17.5 Å². The molecule has 0 bridgehead atoms. The predicted molar refractivity (Wildman–Crippen MR) is 91.5 cm³/mol. The van der Waals surface area contributed by atoms with Gasteiger partial charge in [-0.2, -0.15) is 0 Å². The lowest BCUT2D eigenvalue weighted by Crippen LogP contribution is -2.41. The van der Waals surface area contributed by atoms with Crippen LogP contribution in [-0.2, 0) is 18.4 Å². The molecule has 1 aliphatic carbocycles. The van der Waals surface area contributed by atoms with Gasteiger partial charge < -0.3 is 19.4 Å². The van der Waals surface area contributed by atoms with Crippen LogP contribution in [0, 0.1) is 0 Å². The minimum atomic E-state index is -1.35. The molecule has 1 amide bonds. The largest absolute Gasteiger partial charge is 0.472 e. The predicted octanol–water partition coefficient (Wildman–Crippen LogP) is 2.87. The van der Waals surface area contributed by atoms with Gasteiger partial charge in [-0.25, -0.2) is 0 Å². The summed E-state index contributed by atoms with van der Waals surface area (Å²) < 4.78 is 10.4. The molecule has 2 N–H and O–H groups in total. The summed E-state index contributed by atoms with van der Waals surface area (Å²) in [4.78, 5) is 13.3. The highest BCUT2D eigenvalue weighted by Crippen LogP contribution is 2.33. The Morgan fingerprint density at radius 2 is 2.24 bits per heavy atom. The number of nitrogens with one attached hydrogen (secondary N) is 1. The molecule has 4 rings (SSSR count). The number of aliphatic hydroxyl groups is 1. The Hall–Kier alpha value is -2.38. The zero-order chi connectivity index (χ0) is 17.3. The summed E-state index contributed by atoms with van der Waals surface area (Å²) in [5.74, 6) is 0.477. The van der Waals surface area contributed by atoms with Gasteiger partial charge in [0, 0.05) is 22.4 Å². The lowest BCUT2D eigenvalue weighted by molar-refractivity contribution is 0.0709. The van der Waals surface area contributed by atoms with Crippen molar-refractivity contribution < 1.29 is 18.8 Å². The molecule has 1 aliphatic rings. The van der Waals surface area contributed by atoms with Gasteiger partial charge in [-0.05, 0) is 36.8 Å². The summed E-state index contributed by atoms with van der Waals surface area (Å²) in [6, 6.07) is 5.40. The quantitative estimate of drug-likeness (QED) is 0.732. The second-order valence-corrected chi connectivity index (χ2v) is 7.12. The van der Waals surface area contributed by atoms with Gasteiger partial charge in [0.25, 0.3) is 5.91 Å². The number of carbonyl (C=O) groups excluding carboxylic acids is 1. The molecule has 1 atom stereocenters. The van der Waals surface area contributed by atoms with Gasteiger partial charge in [0.2, 0.25) is 0 Å². The number of carbonyl (C=O) groups is 1. The molecule has 0 radical (unpaired) electrons. The Balaban J connectivity index is 1.56. The number of hydrogen-bond acceptors (Lipinski definition) is 6. The van der Waals surface area contributed by atoms with E-state index in [-0.39, 0.29) is 12.5 Å². The Labute approximate surface area is 148 Å².